The van der Waals surface area contributed by atoms with E-state index in [0.29, 0.717) is 6.54 Å². The molecule has 0 aliphatic carbocycles. The van der Waals surface area contributed by atoms with Gasteiger partial charge >= 0.3 is 0 Å². The maximum absolute atomic E-state index is 10.6. The van der Waals surface area contributed by atoms with Crippen LogP contribution in [0.3, 0.4) is 0 Å². The highest BCUT2D eigenvalue weighted by Crippen LogP contribution is 2.25. The summed E-state index contributed by atoms with van der Waals surface area (Å²) in [6.45, 7) is 5.26. The zero-order chi connectivity index (χ0) is 15.8. The highest BCUT2D eigenvalue weighted by Gasteiger charge is 2.24. The van der Waals surface area contributed by atoms with Crippen molar-refractivity contribution < 1.29 is 5.11 Å². The van der Waals surface area contributed by atoms with E-state index in [-0.39, 0.29) is 6.04 Å². The Labute approximate surface area is 133 Å². The van der Waals surface area contributed by atoms with Crippen LogP contribution in [-0.4, -0.2) is 36.2 Å². The second-order valence-corrected chi connectivity index (χ2v) is 5.36. The standard InChI is InChI=1S/C19H24N2O/c1-16-9-5-4-8-13-21(14-12-16)19(18(22)15-20-2)17-10-6-3-7-11-17/h3-12,14,18-20,22H,1,13,15H2,2H3/b8-4-,9-5-,14-12-/t18-,19+/m1/s1. The molecule has 2 rings (SSSR count). The minimum Gasteiger partial charge on any atom is -0.389 e. The molecule has 0 spiro atoms. The number of aliphatic hydroxyl groups excluding tert-OH is 1. The van der Waals surface area contributed by atoms with Gasteiger partial charge in [-0.25, -0.2) is 0 Å². The van der Waals surface area contributed by atoms with Gasteiger partial charge in [-0.05, 0) is 24.3 Å². The highest BCUT2D eigenvalue weighted by atomic mass is 16.3. The van der Waals surface area contributed by atoms with Crippen LogP contribution in [0.2, 0.25) is 0 Å². The first kappa shape index (κ1) is 16.3. The fourth-order valence-corrected chi connectivity index (χ4v) is 2.56. The van der Waals surface area contributed by atoms with Crippen LogP contribution in [0.25, 0.3) is 0 Å². The van der Waals surface area contributed by atoms with Crippen LogP contribution in [0.4, 0.5) is 0 Å². The van der Waals surface area contributed by atoms with Gasteiger partial charge in [-0.15, -0.1) is 0 Å². The van der Waals surface area contributed by atoms with Crippen molar-refractivity contribution in [2.75, 3.05) is 20.1 Å². The number of aliphatic hydroxyl groups is 1. The first-order valence-corrected chi connectivity index (χ1v) is 7.56. The van der Waals surface area contributed by atoms with Gasteiger partial charge in [0.15, 0.2) is 0 Å². The van der Waals surface area contributed by atoms with Gasteiger partial charge in [0, 0.05) is 19.3 Å². The number of benzene rings is 1. The smallest absolute Gasteiger partial charge is 0.0909 e. The van der Waals surface area contributed by atoms with Crippen molar-refractivity contribution in [3.63, 3.8) is 0 Å². The summed E-state index contributed by atoms with van der Waals surface area (Å²) in [6, 6.07) is 10.0. The third-order valence-corrected chi connectivity index (χ3v) is 3.63. The molecule has 1 heterocycles. The van der Waals surface area contributed by atoms with Gasteiger partial charge in [-0.1, -0.05) is 61.2 Å². The summed E-state index contributed by atoms with van der Waals surface area (Å²) in [4.78, 5) is 2.14. The molecule has 0 saturated carbocycles. The van der Waals surface area contributed by atoms with Gasteiger partial charge in [0.05, 0.1) is 12.1 Å². The Morgan fingerprint density at radius 3 is 2.73 bits per heavy atom. The molecule has 22 heavy (non-hydrogen) atoms. The number of rotatable bonds is 5. The van der Waals surface area contributed by atoms with Crippen LogP contribution in [0, 0.1) is 0 Å². The SMILES string of the molecule is C=C1/C=C\C=C/CN([C@@H](c2ccccc2)[C@H](O)CNC)/C=C\1. The molecule has 1 aromatic carbocycles. The Morgan fingerprint density at radius 1 is 1.23 bits per heavy atom. The van der Waals surface area contributed by atoms with Crippen molar-refractivity contribution in [1.29, 1.82) is 0 Å². The van der Waals surface area contributed by atoms with E-state index in [1.165, 1.54) is 0 Å². The van der Waals surface area contributed by atoms with E-state index in [1.54, 1.807) is 0 Å². The molecule has 1 aliphatic heterocycles. The summed E-state index contributed by atoms with van der Waals surface area (Å²) >= 11 is 0. The van der Waals surface area contributed by atoms with E-state index in [1.807, 2.05) is 55.8 Å². The number of nitrogens with one attached hydrogen (secondary N) is 1. The summed E-state index contributed by atoms with van der Waals surface area (Å²) in [5.41, 5.74) is 2.03. The van der Waals surface area contributed by atoms with E-state index in [4.69, 9.17) is 0 Å². The second-order valence-electron chi connectivity index (χ2n) is 5.36. The quantitative estimate of drug-likeness (QED) is 0.877. The molecule has 1 aliphatic rings. The van der Waals surface area contributed by atoms with Crippen molar-refractivity contribution in [2.45, 2.75) is 12.1 Å². The minimum atomic E-state index is -0.507. The van der Waals surface area contributed by atoms with Gasteiger partial charge in [0.1, 0.15) is 0 Å². The first-order valence-electron chi connectivity index (χ1n) is 7.56. The number of nitrogens with zero attached hydrogens (tertiary/aromatic N) is 1. The molecule has 2 N–H and O–H groups in total. The Balaban J connectivity index is 2.32. The lowest BCUT2D eigenvalue weighted by Crippen LogP contribution is -2.38. The third kappa shape index (κ3) is 4.45. The Bertz CT molecular complexity index is 560. The first-order chi connectivity index (χ1) is 10.7. The fraction of sp³-hybridized carbons (Fsp3) is 0.263. The maximum atomic E-state index is 10.6. The molecule has 1 aromatic rings. The van der Waals surface area contributed by atoms with Crippen LogP contribution < -0.4 is 5.32 Å². The van der Waals surface area contributed by atoms with Crippen molar-refractivity contribution >= 4 is 0 Å². The Hall–Kier alpha value is -2.10. The summed E-state index contributed by atoms with van der Waals surface area (Å²) in [5, 5.41) is 13.7. The van der Waals surface area contributed by atoms with Gasteiger partial charge in [-0.2, -0.15) is 0 Å². The maximum Gasteiger partial charge on any atom is 0.0909 e. The molecule has 0 unspecified atom stereocenters. The Morgan fingerprint density at radius 2 is 2.00 bits per heavy atom. The third-order valence-electron chi connectivity index (χ3n) is 3.63. The molecule has 3 heteroatoms. The molecule has 0 bridgehead atoms. The van der Waals surface area contributed by atoms with Crippen molar-refractivity contribution in [1.82, 2.24) is 10.2 Å². The predicted octanol–water partition coefficient (Wildman–Crippen LogP) is 2.81. The summed E-state index contributed by atoms with van der Waals surface area (Å²) in [7, 11) is 1.85. The number of hydrogen-bond donors (Lipinski definition) is 2. The molecule has 0 amide bonds. The summed E-state index contributed by atoms with van der Waals surface area (Å²) in [5.74, 6) is 0. The lowest BCUT2D eigenvalue weighted by molar-refractivity contribution is 0.0796. The van der Waals surface area contributed by atoms with Gasteiger partial charge in [-0.3, -0.25) is 0 Å². The molecule has 3 nitrogen and oxygen atoms in total. The number of hydrogen-bond acceptors (Lipinski definition) is 3. The molecule has 0 aromatic heterocycles. The molecule has 0 fully saturated rings. The van der Waals surface area contributed by atoms with Crippen LogP contribution in [0.5, 0.6) is 0 Å². The zero-order valence-corrected chi connectivity index (χ0v) is 13.0. The van der Waals surface area contributed by atoms with E-state index >= 15 is 0 Å². The molecule has 2 atom stereocenters. The predicted molar refractivity (Wildman–Crippen MR) is 92.4 cm³/mol. The van der Waals surface area contributed by atoms with Gasteiger partial charge in [0.25, 0.3) is 0 Å². The normalized spacial score (nSPS) is 22.1. The van der Waals surface area contributed by atoms with Crippen LogP contribution in [0.1, 0.15) is 11.6 Å². The lowest BCUT2D eigenvalue weighted by atomic mass is 9.99. The van der Waals surface area contributed by atoms with E-state index in [0.717, 1.165) is 17.7 Å². The summed E-state index contributed by atoms with van der Waals surface area (Å²) in [6.07, 6.45) is 11.5. The van der Waals surface area contributed by atoms with E-state index in [2.05, 4.69) is 35.0 Å². The highest BCUT2D eigenvalue weighted by molar-refractivity contribution is 5.31. The van der Waals surface area contributed by atoms with Crippen LogP contribution >= 0.6 is 0 Å². The van der Waals surface area contributed by atoms with Crippen molar-refractivity contribution in [3.8, 4) is 0 Å². The monoisotopic (exact) mass is 296 g/mol. The summed E-state index contributed by atoms with van der Waals surface area (Å²) < 4.78 is 0. The average Bonchev–Trinajstić information content (AvgIpc) is 2.62. The molecule has 0 saturated heterocycles. The zero-order valence-electron chi connectivity index (χ0n) is 13.0. The van der Waals surface area contributed by atoms with Crippen molar-refractivity contribution in [2.24, 2.45) is 0 Å². The molecular formula is C19H24N2O. The van der Waals surface area contributed by atoms with Crippen LogP contribution in [-0.2, 0) is 0 Å². The fourth-order valence-electron chi connectivity index (χ4n) is 2.56. The van der Waals surface area contributed by atoms with Crippen molar-refractivity contribution in [3.05, 3.63) is 84.6 Å². The minimum absolute atomic E-state index is 0.111. The van der Waals surface area contributed by atoms with Gasteiger partial charge < -0.3 is 15.3 Å². The van der Waals surface area contributed by atoms with Crippen LogP contribution in [0.15, 0.2) is 79.1 Å². The lowest BCUT2D eigenvalue weighted by Gasteiger charge is -2.34. The molecular weight excluding hydrogens is 272 g/mol. The Kier molecular flexibility index (Phi) is 6.19. The van der Waals surface area contributed by atoms with E-state index in [9.17, 15) is 5.11 Å². The van der Waals surface area contributed by atoms with Gasteiger partial charge in [0.2, 0.25) is 0 Å². The second kappa shape index (κ2) is 8.37. The van der Waals surface area contributed by atoms with E-state index < -0.39 is 6.10 Å². The topological polar surface area (TPSA) is 35.5 Å². The molecule has 116 valence electrons. The largest absolute Gasteiger partial charge is 0.389 e. The number of likely N-dealkylation sites (N-methyl/N-ethyl adjacent to an activating group) is 1. The molecule has 0 radical (unpaired) electrons. The number of allylic oxidation sites excluding steroid dienone is 5. The average molecular weight is 296 g/mol.